The highest BCUT2D eigenvalue weighted by molar-refractivity contribution is 9.09. The van der Waals surface area contributed by atoms with Crippen molar-refractivity contribution in [2.45, 2.75) is 38.5 Å². The molecule has 0 radical (unpaired) electrons. The highest BCUT2D eigenvalue weighted by Crippen LogP contribution is 2.32. The Balaban J connectivity index is 1.69. The molecule has 3 heteroatoms. The molecule has 2 nitrogen and oxygen atoms in total. The summed E-state index contributed by atoms with van der Waals surface area (Å²) in [5.74, 6) is 2.51. The van der Waals surface area contributed by atoms with Crippen molar-refractivity contribution in [1.29, 1.82) is 5.26 Å². The van der Waals surface area contributed by atoms with Crippen molar-refractivity contribution in [1.82, 2.24) is 0 Å². The third-order valence-electron chi connectivity index (χ3n) is 4.18. The molecule has 0 spiro atoms. The van der Waals surface area contributed by atoms with Gasteiger partial charge in [0.25, 0.3) is 0 Å². The quantitative estimate of drug-likeness (QED) is 0.691. The van der Waals surface area contributed by atoms with Gasteiger partial charge in [0.15, 0.2) is 0 Å². The fraction of sp³-hybridized carbons (Fsp3) is 0.588. The molecule has 2 rings (SSSR count). The Morgan fingerprint density at radius 3 is 2.35 bits per heavy atom. The normalized spacial score (nSPS) is 22.2. The van der Waals surface area contributed by atoms with Crippen LogP contribution in [-0.2, 0) is 0 Å². The van der Waals surface area contributed by atoms with E-state index in [0.29, 0.717) is 11.5 Å². The van der Waals surface area contributed by atoms with Crippen LogP contribution in [0.15, 0.2) is 24.3 Å². The maximum atomic E-state index is 8.75. The number of nitrogens with zero attached hydrogens (tertiary/aromatic N) is 1. The number of rotatable bonds is 6. The van der Waals surface area contributed by atoms with E-state index in [1.54, 1.807) is 0 Å². The first kappa shape index (κ1) is 15.4. The van der Waals surface area contributed by atoms with E-state index in [0.717, 1.165) is 23.6 Å². The van der Waals surface area contributed by atoms with Crippen LogP contribution in [0.3, 0.4) is 0 Å². The maximum Gasteiger partial charge on any atom is 0.119 e. The van der Waals surface area contributed by atoms with Gasteiger partial charge in [0.05, 0.1) is 18.2 Å². The second-order valence-corrected chi connectivity index (χ2v) is 6.46. The van der Waals surface area contributed by atoms with Gasteiger partial charge < -0.3 is 4.74 Å². The Morgan fingerprint density at radius 1 is 1.10 bits per heavy atom. The van der Waals surface area contributed by atoms with Gasteiger partial charge in [-0.1, -0.05) is 28.8 Å². The molecule has 1 aromatic carbocycles. The summed E-state index contributed by atoms with van der Waals surface area (Å²) in [5, 5.41) is 9.89. The Hall–Kier alpha value is -1.01. The number of benzene rings is 1. The Kier molecular flexibility index (Phi) is 6.39. The van der Waals surface area contributed by atoms with Gasteiger partial charge in [-0.3, -0.25) is 0 Å². The largest absolute Gasteiger partial charge is 0.493 e. The highest BCUT2D eigenvalue weighted by Gasteiger charge is 2.21. The molecule has 108 valence electrons. The number of nitriles is 1. The lowest BCUT2D eigenvalue weighted by molar-refractivity contribution is 0.179. The molecule has 0 bridgehead atoms. The van der Waals surface area contributed by atoms with E-state index in [-0.39, 0.29) is 0 Å². The first-order valence-corrected chi connectivity index (χ1v) is 8.63. The minimum Gasteiger partial charge on any atom is -0.493 e. The van der Waals surface area contributed by atoms with Crippen LogP contribution in [0, 0.1) is 23.2 Å². The zero-order valence-corrected chi connectivity index (χ0v) is 13.4. The number of halogens is 1. The molecule has 0 amide bonds. The van der Waals surface area contributed by atoms with Crippen molar-refractivity contribution < 1.29 is 4.74 Å². The molecule has 0 aliphatic heterocycles. The van der Waals surface area contributed by atoms with E-state index in [1.165, 1.54) is 38.5 Å². The standard InChI is InChI=1S/C17H22BrNO/c18-11-1-2-14-3-5-16(6-4-14)13-20-17-9-7-15(12-19)8-10-17/h7-10,14,16H,1-6,11,13H2. The minimum absolute atomic E-state index is 0.685. The zero-order chi connectivity index (χ0) is 14.2. The van der Waals surface area contributed by atoms with Gasteiger partial charge in [-0.2, -0.15) is 5.26 Å². The van der Waals surface area contributed by atoms with E-state index in [2.05, 4.69) is 22.0 Å². The summed E-state index contributed by atoms with van der Waals surface area (Å²) in [7, 11) is 0. The van der Waals surface area contributed by atoms with Gasteiger partial charge in [0.2, 0.25) is 0 Å². The molecule has 0 saturated heterocycles. The van der Waals surface area contributed by atoms with Crippen molar-refractivity contribution in [3.05, 3.63) is 29.8 Å². The molecule has 1 saturated carbocycles. The van der Waals surface area contributed by atoms with Gasteiger partial charge in [0, 0.05) is 5.33 Å². The molecule has 1 aliphatic carbocycles. The first-order valence-electron chi connectivity index (χ1n) is 7.50. The molecule has 0 aromatic heterocycles. The van der Waals surface area contributed by atoms with Gasteiger partial charge in [0.1, 0.15) is 5.75 Å². The molecule has 20 heavy (non-hydrogen) atoms. The van der Waals surface area contributed by atoms with Crippen molar-refractivity contribution >= 4 is 15.9 Å². The first-order chi connectivity index (χ1) is 9.81. The van der Waals surface area contributed by atoms with Gasteiger partial charge in [-0.25, -0.2) is 0 Å². The third kappa shape index (κ3) is 4.83. The smallest absolute Gasteiger partial charge is 0.119 e. The van der Waals surface area contributed by atoms with E-state index in [9.17, 15) is 0 Å². The lowest BCUT2D eigenvalue weighted by Gasteiger charge is -2.28. The Morgan fingerprint density at radius 2 is 1.75 bits per heavy atom. The summed E-state index contributed by atoms with van der Waals surface area (Å²) in [4.78, 5) is 0. The second-order valence-electron chi connectivity index (χ2n) is 5.67. The third-order valence-corrected chi connectivity index (χ3v) is 4.74. The Labute approximate surface area is 130 Å². The molecule has 0 N–H and O–H groups in total. The van der Waals surface area contributed by atoms with Crippen molar-refractivity contribution in [2.75, 3.05) is 11.9 Å². The minimum atomic E-state index is 0.685. The van der Waals surface area contributed by atoms with Crippen LogP contribution in [0.2, 0.25) is 0 Å². The fourth-order valence-electron chi connectivity index (χ4n) is 2.89. The van der Waals surface area contributed by atoms with Crippen molar-refractivity contribution in [3.63, 3.8) is 0 Å². The number of hydrogen-bond donors (Lipinski definition) is 0. The monoisotopic (exact) mass is 335 g/mol. The van der Waals surface area contributed by atoms with Gasteiger partial charge >= 0.3 is 0 Å². The van der Waals surface area contributed by atoms with Crippen LogP contribution in [-0.4, -0.2) is 11.9 Å². The molecular weight excluding hydrogens is 314 g/mol. The van der Waals surface area contributed by atoms with Crippen LogP contribution in [0.5, 0.6) is 5.75 Å². The highest BCUT2D eigenvalue weighted by atomic mass is 79.9. The van der Waals surface area contributed by atoms with E-state index in [4.69, 9.17) is 10.00 Å². The van der Waals surface area contributed by atoms with Crippen LogP contribution in [0.1, 0.15) is 44.1 Å². The maximum absolute atomic E-state index is 8.75. The SMILES string of the molecule is N#Cc1ccc(OCC2CCC(CCCBr)CC2)cc1. The van der Waals surface area contributed by atoms with Crippen LogP contribution < -0.4 is 4.74 Å². The molecule has 0 heterocycles. The van der Waals surface area contributed by atoms with E-state index < -0.39 is 0 Å². The van der Waals surface area contributed by atoms with Crippen LogP contribution >= 0.6 is 15.9 Å². The predicted octanol–water partition coefficient (Wildman–Crippen LogP) is 4.92. The summed E-state index contributed by atoms with van der Waals surface area (Å²) in [6.07, 6.45) is 7.97. The van der Waals surface area contributed by atoms with Crippen molar-refractivity contribution in [2.24, 2.45) is 11.8 Å². The summed E-state index contributed by atoms with van der Waals surface area (Å²) >= 11 is 3.51. The number of alkyl halides is 1. The van der Waals surface area contributed by atoms with Crippen molar-refractivity contribution in [3.8, 4) is 11.8 Å². The average molecular weight is 336 g/mol. The average Bonchev–Trinajstić information content (AvgIpc) is 2.52. The van der Waals surface area contributed by atoms with Gasteiger partial charge in [-0.05, 0) is 61.8 Å². The molecular formula is C17H22BrNO. The number of ether oxygens (including phenoxy) is 1. The van der Waals surface area contributed by atoms with Gasteiger partial charge in [-0.15, -0.1) is 0 Å². The van der Waals surface area contributed by atoms with Crippen LogP contribution in [0.4, 0.5) is 0 Å². The van der Waals surface area contributed by atoms with E-state index >= 15 is 0 Å². The summed E-state index contributed by atoms with van der Waals surface area (Å²) in [5.41, 5.74) is 0.685. The summed E-state index contributed by atoms with van der Waals surface area (Å²) in [6.45, 7) is 0.817. The molecule has 1 aliphatic rings. The van der Waals surface area contributed by atoms with Crippen LogP contribution in [0.25, 0.3) is 0 Å². The second kappa shape index (κ2) is 8.32. The summed E-state index contributed by atoms with van der Waals surface area (Å²) in [6, 6.07) is 9.52. The molecule has 1 fully saturated rings. The predicted molar refractivity (Wildman–Crippen MR) is 85.1 cm³/mol. The molecule has 1 aromatic rings. The zero-order valence-electron chi connectivity index (χ0n) is 11.9. The topological polar surface area (TPSA) is 33.0 Å². The lowest BCUT2D eigenvalue weighted by atomic mass is 9.80. The molecule has 0 atom stereocenters. The van der Waals surface area contributed by atoms with E-state index in [1.807, 2.05) is 24.3 Å². The summed E-state index contributed by atoms with van der Waals surface area (Å²) < 4.78 is 5.84. The molecule has 0 unspecified atom stereocenters. The lowest BCUT2D eigenvalue weighted by Crippen LogP contribution is -2.20. The fourth-order valence-corrected chi connectivity index (χ4v) is 3.22. The Bertz CT molecular complexity index is 429. The number of hydrogen-bond acceptors (Lipinski definition) is 2.